The molecular weight excluding hydrogens is 328 g/mol. The van der Waals surface area contributed by atoms with Gasteiger partial charge in [-0.15, -0.1) is 0 Å². The van der Waals surface area contributed by atoms with Gasteiger partial charge in [-0.25, -0.2) is 0 Å². The van der Waals surface area contributed by atoms with E-state index in [0.29, 0.717) is 11.4 Å². The van der Waals surface area contributed by atoms with Crippen molar-refractivity contribution in [3.05, 3.63) is 47.8 Å². The standard InChI is InChI=1S/C20H22N4O2/c1-2-13-5-3-4-10-24-16-12-15(20(26)22-18-8-9-21-23-18)7-6-14(16)11-17(24)19(13)25/h6-9,11-13H,2-5,10H2,1H3,(H2,21,22,23,26). The molecule has 1 aromatic carbocycles. The minimum Gasteiger partial charge on any atom is -0.338 e. The summed E-state index contributed by atoms with van der Waals surface area (Å²) < 4.78 is 2.09. The van der Waals surface area contributed by atoms with Gasteiger partial charge >= 0.3 is 0 Å². The molecule has 6 nitrogen and oxygen atoms in total. The van der Waals surface area contributed by atoms with E-state index in [0.717, 1.165) is 48.8 Å². The SMILES string of the molecule is CCC1CCCCn2c(cc3ccc(C(=O)Nc4ccn[nH]4)cc32)C1=O. The van der Waals surface area contributed by atoms with Gasteiger partial charge < -0.3 is 9.88 Å². The van der Waals surface area contributed by atoms with Crippen molar-refractivity contribution in [1.29, 1.82) is 0 Å². The molecule has 0 saturated carbocycles. The molecular formula is C20H22N4O2. The Morgan fingerprint density at radius 3 is 2.96 bits per heavy atom. The molecule has 0 aliphatic carbocycles. The van der Waals surface area contributed by atoms with Crippen LogP contribution in [0.2, 0.25) is 0 Å². The number of fused-ring (bicyclic) bond motifs is 3. The second-order valence-corrected chi connectivity index (χ2v) is 6.84. The number of hydrogen-bond donors (Lipinski definition) is 2. The van der Waals surface area contributed by atoms with Gasteiger partial charge in [-0.1, -0.05) is 19.4 Å². The van der Waals surface area contributed by atoms with E-state index in [2.05, 4.69) is 27.0 Å². The van der Waals surface area contributed by atoms with E-state index in [1.807, 2.05) is 18.2 Å². The summed E-state index contributed by atoms with van der Waals surface area (Å²) in [5.41, 5.74) is 2.29. The number of nitrogens with zero attached hydrogens (tertiary/aromatic N) is 2. The van der Waals surface area contributed by atoms with Crippen LogP contribution in [0, 0.1) is 5.92 Å². The number of amides is 1. The topological polar surface area (TPSA) is 79.8 Å². The summed E-state index contributed by atoms with van der Waals surface area (Å²) in [7, 11) is 0. The molecule has 6 heteroatoms. The Bertz CT molecular complexity index is 956. The number of H-pyrrole nitrogens is 1. The number of anilines is 1. The van der Waals surface area contributed by atoms with E-state index < -0.39 is 0 Å². The first kappa shape index (κ1) is 16.6. The molecule has 0 bridgehead atoms. The second kappa shape index (κ2) is 6.78. The Balaban J connectivity index is 1.73. The number of rotatable bonds is 3. The highest BCUT2D eigenvalue weighted by Crippen LogP contribution is 2.29. The molecule has 0 fully saturated rings. The monoisotopic (exact) mass is 350 g/mol. The van der Waals surface area contributed by atoms with Crippen LogP contribution in [0.25, 0.3) is 10.9 Å². The average molecular weight is 350 g/mol. The molecule has 1 atom stereocenters. The first-order valence-electron chi connectivity index (χ1n) is 9.15. The zero-order valence-electron chi connectivity index (χ0n) is 14.8. The summed E-state index contributed by atoms with van der Waals surface area (Å²) in [6.07, 6.45) is 5.53. The van der Waals surface area contributed by atoms with E-state index in [-0.39, 0.29) is 17.6 Å². The number of hydrogen-bond acceptors (Lipinski definition) is 3. The van der Waals surface area contributed by atoms with Gasteiger partial charge in [0.1, 0.15) is 5.82 Å². The molecule has 1 aliphatic heterocycles. The maximum absolute atomic E-state index is 12.9. The summed E-state index contributed by atoms with van der Waals surface area (Å²) >= 11 is 0. The van der Waals surface area contributed by atoms with Crippen molar-refractivity contribution < 1.29 is 9.59 Å². The second-order valence-electron chi connectivity index (χ2n) is 6.84. The smallest absolute Gasteiger partial charge is 0.256 e. The summed E-state index contributed by atoms with van der Waals surface area (Å²) in [4.78, 5) is 25.4. The van der Waals surface area contributed by atoms with Crippen LogP contribution in [0.15, 0.2) is 36.5 Å². The van der Waals surface area contributed by atoms with Crippen LogP contribution in [0.3, 0.4) is 0 Å². The molecule has 0 spiro atoms. The van der Waals surface area contributed by atoms with Crippen molar-refractivity contribution in [2.24, 2.45) is 5.92 Å². The highest BCUT2D eigenvalue weighted by molar-refractivity contribution is 6.07. The van der Waals surface area contributed by atoms with E-state index in [4.69, 9.17) is 0 Å². The first-order valence-corrected chi connectivity index (χ1v) is 9.15. The van der Waals surface area contributed by atoms with E-state index >= 15 is 0 Å². The molecule has 26 heavy (non-hydrogen) atoms. The molecule has 4 rings (SSSR count). The first-order chi connectivity index (χ1) is 12.7. The predicted octanol–water partition coefficient (Wildman–Crippen LogP) is 4.01. The summed E-state index contributed by atoms with van der Waals surface area (Å²) in [5.74, 6) is 0.685. The number of ketones is 1. The van der Waals surface area contributed by atoms with Crippen LogP contribution < -0.4 is 5.32 Å². The lowest BCUT2D eigenvalue weighted by Gasteiger charge is -2.19. The minimum atomic E-state index is -0.199. The Morgan fingerprint density at radius 1 is 1.31 bits per heavy atom. The number of aryl methyl sites for hydroxylation is 1. The number of carbonyl (C=O) groups excluding carboxylic acids is 2. The van der Waals surface area contributed by atoms with Crippen molar-refractivity contribution in [1.82, 2.24) is 14.8 Å². The molecule has 2 aromatic heterocycles. The lowest BCUT2D eigenvalue weighted by Crippen LogP contribution is -2.21. The third-order valence-electron chi connectivity index (χ3n) is 5.22. The highest BCUT2D eigenvalue weighted by Gasteiger charge is 2.25. The zero-order valence-corrected chi connectivity index (χ0v) is 14.8. The van der Waals surface area contributed by atoms with Gasteiger partial charge in [-0.3, -0.25) is 14.7 Å². The third kappa shape index (κ3) is 2.92. The summed E-state index contributed by atoms with van der Waals surface area (Å²) in [6.45, 7) is 2.89. The zero-order chi connectivity index (χ0) is 18.1. The quantitative estimate of drug-likeness (QED) is 0.749. The summed E-state index contributed by atoms with van der Waals surface area (Å²) in [6, 6.07) is 9.27. The van der Waals surface area contributed by atoms with Crippen LogP contribution in [0.5, 0.6) is 0 Å². The number of nitrogens with one attached hydrogen (secondary N) is 2. The molecule has 1 unspecified atom stereocenters. The Labute approximate surface area is 151 Å². The molecule has 3 aromatic rings. The van der Waals surface area contributed by atoms with Gasteiger partial charge in [0.25, 0.3) is 5.91 Å². The predicted molar refractivity (Wildman–Crippen MR) is 100 cm³/mol. The fourth-order valence-corrected chi connectivity index (χ4v) is 3.75. The van der Waals surface area contributed by atoms with Gasteiger partial charge in [-0.2, -0.15) is 5.10 Å². The Hall–Kier alpha value is -2.89. The van der Waals surface area contributed by atoms with Gasteiger partial charge in [0.05, 0.1) is 11.9 Å². The molecule has 2 N–H and O–H groups in total. The van der Waals surface area contributed by atoms with E-state index in [1.165, 1.54) is 0 Å². The van der Waals surface area contributed by atoms with Crippen molar-refractivity contribution in [3.63, 3.8) is 0 Å². The van der Waals surface area contributed by atoms with Crippen molar-refractivity contribution >= 4 is 28.4 Å². The normalized spacial score (nSPS) is 17.6. The lowest BCUT2D eigenvalue weighted by molar-refractivity contribution is 0.0892. The third-order valence-corrected chi connectivity index (χ3v) is 5.22. The number of aromatic nitrogens is 3. The van der Waals surface area contributed by atoms with Crippen LogP contribution in [-0.2, 0) is 6.54 Å². The van der Waals surface area contributed by atoms with Crippen molar-refractivity contribution in [2.45, 2.75) is 39.2 Å². The maximum atomic E-state index is 12.9. The Morgan fingerprint density at radius 2 is 2.19 bits per heavy atom. The van der Waals surface area contributed by atoms with Crippen molar-refractivity contribution in [3.8, 4) is 0 Å². The van der Waals surface area contributed by atoms with Crippen LogP contribution >= 0.6 is 0 Å². The van der Waals surface area contributed by atoms with Crippen molar-refractivity contribution in [2.75, 3.05) is 5.32 Å². The number of aromatic amines is 1. The molecule has 134 valence electrons. The molecule has 3 heterocycles. The lowest BCUT2D eigenvalue weighted by atomic mass is 9.91. The minimum absolute atomic E-state index is 0.0986. The number of carbonyl (C=O) groups is 2. The van der Waals surface area contributed by atoms with E-state index in [1.54, 1.807) is 18.3 Å². The summed E-state index contributed by atoms with van der Waals surface area (Å²) in [5, 5.41) is 10.3. The van der Waals surface area contributed by atoms with Gasteiger partial charge in [0.2, 0.25) is 0 Å². The maximum Gasteiger partial charge on any atom is 0.256 e. The molecule has 1 amide bonds. The Kier molecular flexibility index (Phi) is 4.32. The molecule has 1 aliphatic rings. The van der Waals surface area contributed by atoms with Crippen LogP contribution in [-0.4, -0.2) is 26.5 Å². The fraction of sp³-hybridized carbons (Fsp3) is 0.350. The highest BCUT2D eigenvalue weighted by atomic mass is 16.1. The van der Waals surface area contributed by atoms with Gasteiger partial charge in [0.15, 0.2) is 5.78 Å². The fourth-order valence-electron chi connectivity index (χ4n) is 3.75. The number of Topliss-reactive ketones (excluding diaryl/α,β-unsaturated/α-hetero) is 1. The van der Waals surface area contributed by atoms with Crippen LogP contribution in [0.1, 0.15) is 53.5 Å². The molecule has 0 radical (unpaired) electrons. The number of benzene rings is 1. The van der Waals surface area contributed by atoms with E-state index in [9.17, 15) is 9.59 Å². The molecule has 0 saturated heterocycles. The van der Waals surface area contributed by atoms with Gasteiger partial charge in [-0.05, 0) is 37.5 Å². The van der Waals surface area contributed by atoms with Crippen LogP contribution in [0.4, 0.5) is 5.82 Å². The average Bonchev–Trinajstić information content (AvgIpc) is 3.27. The van der Waals surface area contributed by atoms with Gasteiger partial charge in [0, 0.05) is 35.0 Å². The largest absolute Gasteiger partial charge is 0.338 e.